The lowest BCUT2D eigenvalue weighted by molar-refractivity contribution is 0.471. The summed E-state index contributed by atoms with van der Waals surface area (Å²) < 4.78 is 0.650. The molecule has 0 heterocycles. The van der Waals surface area contributed by atoms with E-state index in [0.717, 1.165) is 5.56 Å². The zero-order valence-electron chi connectivity index (χ0n) is 6.50. The van der Waals surface area contributed by atoms with Crippen LogP contribution in [0, 0.1) is 0 Å². The van der Waals surface area contributed by atoms with Gasteiger partial charge < -0.3 is 10.8 Å². The van der Waals surface area contributed by atoms with Gasteiger partial charge in [-0.3, -0.25) is 0 Å². The molecule has 0 spiro atoms. The lowest BCUT2D eigenvalue weighted by atomic mass is 10.1. The van der Waals surface area contributed by atoms with Gasteiger partial charge in [0.2, 0.25) is 0 Å². The summed E-state index contributed by atoms with van der Waals surface area (Å²) in [5.41, 5.74) is 6.62. The maximum atomic E-state index is 9.18. The standard InChI is InChI=1S/C9H10BrNO/c1-2-8(11)6-3-4-9(12)7(10)5-6/h2-5,8,12H,1,11H2/t8-/m0/s1. The third-order valence-corrected chi connectivity index (χ3v) is 2.25. The number of aromatic hydroxyl groups is 1. The number of hydrogen-bond acceptors (Lipinski definition) is 2. The number of benzene rings is 1. The molecule has 0 radical (unpaired) electrons. The van der Waals surface area contributed by atoms with Gasteiger partial charge >= 0.3 is 0 Å². The molecule has 1 aromatic carbocycles. The van der Waals surface area contributed by atoms with E-state index in [1.54, 1.807) is 24.3 Å². The first kappa shape index (κ1) is 9.29. The van der Waals surface area contributed by atoms with Crippen molar-refractivity contribution in [3.05, 3.63) is 40.9 Å². The topological polar surface area (TPSA) is 46.2 Å². The summed E-state index contributed by atoms with van der Waals surface area (Å²) in [7, 11) is 0. The summed E-state index contributed by atoms with van der Waals surface area (Å²) >= 11 is 3.20. The van der Waals surface area contributed by atoms with Crippen LogP contribution in [0.2, 0.25) is 0 Å². The highest BCUT2D eigenvalue weighted by Crippen LogP contribution is 2.26. The van der Waals surface area contributed by atoms with Gasteiger partial charge in [-0.15, -0.1) is 6.58 Å². The molecule has 1 atom stereocenters. The van der Waals surface area contributed by atoms with Gasteiger partial charge in [0.05, 0.1) is 4.47 Å². The normalized spacial score (nSPS) is 12.5. The molecule has 0 unspecified atom stereocenters. The van der Waals surface area contributed by atoms with Crippen molar-refractivity contribution in [2.24, 2.45) is 5.73 Å². The van der Waals surface area contributed by atoms with Crippen molar-refractivity contribution in [1.82, 2.24) is 0 Å². The van der Waals surface area contributed by atoms with Crippen molar-refractivity contribution in [3.63, 3.8) is 0 Å². The molecule has 1 aromatic rings. The van der Waals surface area contributed by atoms with E-state index in [-0.39, 0.29) is 11.8 Å². The first-order valence-electron chi connectivity index (χ1n) is 3.51. The second-order valence-corrected chi connectivity index (χ2v) is 3.33. The number of halogens is 1. The van der Waals surface area contributed by atoms with E-state index < -0.39 is 0 Å². The minimum atomic E-state index is -0.179. The predicted molar refractivity (Wildman–Crippen MR) is 52.9 cm³/mol. The molecular weight excluding hydrogens is 218 g/mol. The van der Waals surface area contributed by atoms with E-state index in [0.29, 0.717) is 4.47 Å². The molecule has 0 aliphatic rings. The number of rotatable bonds is 2. The molecule has 12 heavy (non-hydrogen) atoms. The highest BCUT2D eigenvalue weighted by atomic mass is 79.9. The van der Waals surface area contributed by atoms with Gasteiger partial charge in [-0.1, -0.05) is 12.1 Å². The summed E-state index contributed by atoms with van der Waals surface area (Å²) in [4.78, 5) is 0. The summed E-state index contributed by atoms with van der Waals surface area (Å²) in [5, 5.41) is 9.18. The first-order chi connectivity index (χ1) is 5.65. The Labute approximate surface area is 79.8 Å². The first-order valence-corrected chi connectivity index (χ1v) is 4.31. The predicted octanol–water partition coefficient (Wildman–Crippen LogP) is 2.34. The summed E-state index contributed by atoms with van der Waals surface area (Å²) in [6, 6.07) is 4.97. The van der Waals surface area contributed by atoms with Gasteiger partial charge in [0, 0.05) is 6.04 Å². The van der Waals surface area contributed by atoms with Crippen molar-refractivity contribution in [2.75, 3.05) is 0 Å². The van der Waals surface area contributed by atoms with Crippen molar-refractivity contribution < 1.29 is 5.11 Å². The van der Waals surface area contributed by atoms with Crippen molar-refractivity contribution >= 4 is 15.9 Å². The second kappa shape index (κ2) is 3.74. The fourth-order valence-electron chi connectivity index (χ4n) is 0.867. The van der Waals surface area contributed by atoms with Crippen LogP contribution >= 0.6 is 15.9 Å². The molecule has 0 aliphatic heterocycles. The molecular formula is C9H10BrNO. The Bertz CT molecular complexity index is 299. The van der Waals surface area contributed by atoms with Gasteiger partial charge in [0.1, 0.15) is 5.75 Å². The minimum absolute atomic E-state index is 0.179. The number of phenolic OH excluding ortho intramolecular Hbond substituents is 1. The Morgan fingerprint density at radius 2 is 2.25 bits per heavy atom. The third-order valence-electron chi connectivity index (χ3n) is 1.61. The highest BCUT2D eigenvalue weighted by Gasteiger charge is 2.03. The Balaban J connectivity index is 3.04. The third kappa shape index (κ3) is 1.87. The number of hydrogen-bond donors (Lipinski definition) is 2. The fourth-order valence-corrected chi connectivity index (χ4v) is 1.26. The molecule has 0 aromatic heterocycles. The average Bonchev–Trinajstić information content (AvgIpc) is 2.08. The molecule has 0 fully saturated rings. The summed E-state index contributed by atoms with van der Waals surface area (Å²) in [6.45, 7) is 3.59. The lowest BCUT2D eigenvalue weighted by Crippen LogP contribution is -2.05. The molecule has 3 N–H and O–H groups in total. The van der Waals surface area contributed by atoms with E-state index in [1.165, 1.54) is 0 Å². The molecule has 0 aliphatic carbocycles. The molecule has 2 nitrogen and oxygen atoms in total. The van der Waals surface area contributed by atoms with Crippen LogP contribution in [-0.2, 0) is 0 Å². The molecule has 1 rings (SSSR count). The van der Waals surface area contributed by atoms with E-state index in [4.69, 9.17) is 5.73 Å². The van der Waals surface area contributed by atoms with Crippen LogP contribution in [-0.4, -0.2) is 5.11 Å². The monoisotopic (exact) mass is 227 g/mol. The quantitative estimate of drug-likeness (QED) is 0.763. The Morgan fingerprint density at radius 3 is 2.75 bits per heavy atom. The average molecular weight is 228 g/mol. The Morgan fingerprint density at radius 1 is 1.58 bits per heavy atom. The second-order valence-electron chi connectivity index (χ2n) is 2.47. The maximum absolute atomic E-state index is 9.18. The van der Waals surface area contributed by atoms with Crippen LogP contribution in [0.4, 0.5) is 0 Å². The van der Waals surface area contributed by atoms with Crippen LogP contribution in [0.15, 0.2) is 35.3 Å². The summed E-state index contributed by atoms with van der Waals surface area (Å²) in [5.74, 6) is 0.218. The molecule has 3 heteroatoms. The van der Waals surface area contributed by atoms with E-state index in [1.807, 2.05) is 0 Å². The van der Waals surface area contributed by atoms with Crippen molar-refractivity contribution in [2.45, 2.75) is 6.04 Å². The van der Waals surface area contributed by atoms with Gasteiger partial charge in [-0.05, 0) is 33.6 Å². The minimum Gasteiger partial charge on any atom is -0.507 e. The zero-order valence-corrected chi connectivity index (χ0v) is 8.08. The number of nitrogens with two attached hydrogens (primary N) is 1. The van der Waals surface area contributed by atoms with Gasteiger partial charge in [-0.2, -0.15) is 0 Å². The van der Waals surface area contributed by atoms with Crippen LogP contribution in [0.3, 0.4) is 0 Å². The van der Waals surface area contributed by atoms with Crippen LogP contribution in [0.25, 0.3) is 0 Å². The molecule has 0 amide bonds. The van der Waals surface area contributed by atoms with Crippen molar-refractivity contribution in [3.8, 4) is 5.75 Å². The van der Waals surface area contributed by atoms with Crippen molar-refractivity contribution in [1.29, 1.82) is 0 Å². The van der Waals surface area contributed by atoms with E-state index in [2.05, 4.69) is 22.5 Å². The number of phenols is 1. The van der Waals surface area contributed by atoms with Gasteiger partial charge in [0.25, 0.3) is 0 Å². The summed E-state index contributed by atoms with van der Waals surface area (Å²) in [6.07, 6.45) is 1.65. The van der Waals surface area contributed by atoms with E-state index >= 15 is 0 Å². The van der Waals surface area contributed by atoms with Crippen LogP contribution in [0.1, 0.15) is 11.6 Å². The van der Waals surface area contributed by atoms with Crippen LogP contribution < -0.4 is 5.73 Å². The SMILES string of the molecule is C=C[C@H](N)c1ccc(O)c(Br)c1. The fraction of sp³-hybridized carbons (Fsp3) is 0.111. The van der Waals surface area contributed by atoms with Gasteiger partial charge in [0.15, 0.2) is 0 Å². The molecule has 0 saturated carbocycles. The Kier molecular flexibility index (Phi) is 2.89. The molecule has 0 saturated heterocycles. The largest absolute Gasteiger partial charge is 0.507 e. The van der Waals surface area contributed by atoms with Crippen LogP contribution in [0.5, 0.6) is 5.75 Å². The maximum Gasteiger partial charge on any atom is 0.129 e. The lowest BCUT2D eigenvalue weighted by Gasteiger charge is -2.07. The zero-order chi connectivity index (χ0) is 9.14. The molecule has 64 valence electrons. The smallest absolute Gasteiger partial charge is 0.129 e. The van der Waals surface area contributed by atoms with E-state index in [9.17, 15) is 5.11 Å². The highest BCUT2D eigenvalue weighted by molar-refractivity contribution is 9.10. The Hall–Kier alpha value is -0.800. The molecule has 0 bridgehead atoms. The van der Waals surface area contributed by atoms with Gasteiger partial charge in [-0.25, -0.2) is 0 Å².